The predicted octanol–water partition coefficient (Wildman–Crippen LogP) is 8.25. The minimum atomic E-state index is -3.67. The Labute approximate surface area is 220 Å². The van der Waals surface area contributed by atoms with Crippen molar-refractivity contribution in [2.24, 2.45) is 5.92 Å². The van der Waals surface area contributed by atoms with Crippen molar-refractivity contribution in [2.45, 2.75) is 79.1 Å². The maximum atomic E-state index is 14.8. The second kappa shape index (κ2) is 15.0. The van der Waals surface area contributed by atoms with E-state index in [0.717, 1.165) is 54.4 Å². The minimum absolute atomic E-state index is 0.182. The van der Waals surface area contributed by atoms with Crippen LogP contribution in [0.4, 0.5) is 23.2 Å². The van der Waals surface area contributed by atoms with Crippen LogP contribution in [0.15, 0.2) is 36.9 Å². The maximum Gasteiger partial charge on any atom is 0.379 e. The van der Waals surface area contributed by atoms with Crippen molar-refractivity contribution in [2.75, 3.05) is 25.5 Å². The van der Waals surface area contributed by atoms with E-state index in [9.17, 15) is 17.6 Å². The first-order chi connectivity index (χ1) is 17.6. The number of halogens is 4. The Morgan fingerprint density at radius 2 is 1.78 bits per heavy atom. The van der Waals surface area contributed by atoms with Gasteiger partial charge in [-0.2, -0.15) is 13.2 Å². The van der Waals surface area contributed by atoms with Gasteiger partial charge in [0.15, 0.2) is 0 Å². The Morgan fingerprint density at radius 3 is 2.32 bits per heavy atom. The summed E-state index contributed by atoms with van der Waals surface area (Å²) in [6.45, 7) is 12.0. The molecule has 0 radical (unpaired) electrons. The average molecular weight is 522 g/mol. The molecule has 1 unspecified atom stereocenters. The molecule has 0 aromatic heterocycles. The van der Waals surface area contributed by atoms with Gasteiger partial charge in [0.05, 0.1) is 0 Å². The van der Waals surface area contributed by atoms with Gasteiger partial charge in [-0.1, -0.05) is 51.0 Å². The van der Waals surface area contributed by atoms with E-state index in [1.165, 1.54) is 36.0 Å². The monoisotopic (exact) mass is 521 g/mol. The number of anilines is 1. The Hall–Kier alpha value is -2.54. The number of hydrogen-bond acceptors (Lipinski definition) is 3. The third-order valence-corrected chi connectivity index (χ3v) is 7.20. The van der Waals surface area contributed by atoms with Crippen LogP contribution in [0.5, 0.6) is 0 Å². The molecule has 1 saturated carbocycles. The van der Waals surface area contributed by atoms with Gasteiger partial charge in [-0.25, -0.2) is 4.39 Å². The summed E-state index contributed by atoms with van der Waals surface area (Å²) in [5.74, 6) is 0.573. The van der Waals surface area contributed by atoms with Gasteiger partial charge < -0.3 is 10.6 Å². The van der Waals surface area contributed by atoms with E-state index in [1.807, 2.05) is 7.05 Å². The van der Waals surface area contributed by atoms with Crippen molar-refractivity contribution in [3.63, 3.8) is 0 Å². The number of nitrogens with zero attached hydrogens (tertiary/aromatic N) is 1. The number of hydrogen-bond donors (Lipinski definition) is 2. The lowest BCUT2D eigenvalue weighted by Gasteiger charge is -2.37. The lowest BCUT2D eigenvalue weighted by Crippen LogP contribution is -2.35. The molecule has 7 heteroatoms. The highest BCUT2D eigenvalue weighted by Crippen LogP contribution is 2.35. The summed E-state index contributed by atoms with van der Waals surface area (Å²) < 4.78 is 43.8. The SMILES string of the molecule is C=C(NC)c1cc(F)cc(CNc2ccc(C)cc2CCC)c1C(C)N(CC)CC1CCC1.FC(F)F. The van der Waals surface area contributed by atoms with Crippen molar-refractivity contribution >= 4 is 11.4 Å². The van der Waals surface area contributed by atoms with E-state index in [1.54, 1.807) is 12.1 Å². The summed E-state index contributed by atoms with van der Waals surface area (Å²) >= 11 is 0. The first-order valence-electron chi connectivity index (χ1n) is 13.3. The van der Waals surface area contributed by atoms with Crippen LogP contribution in [-0.4, -0.2) is 31.7 Å². The summed E-state index contributed by atoms with van der Waals surface area (Å²) in [5, 5.41) is 6.79. The molecule has 206 valence electrons. The molecule has 37 heavy (non-hydrogen) atoms. The molecule has 0 amide bonds. The third kappa shape index (κ3) is 9.06. The molecule has 1 atom stereocenters. The van der Waals surface area contributed by atoms with Crippen LogP contribution in [-0.2, 0) is 13.0 Å². The topological polar surface area (TPSA) is 27.3 Å². The Bertz CT molecular complexity index is 1000. The summed E-state index contributed by atoms with van der Waals surface area (Å²) in [7, 11) is 1.86. The number of nitrogens with one attached hydrogen (secondary N) is 2. The van der Waals surface area contributed by atoms with Gasteiger partial charge in [0.2, 0.25) is 0 Å². The van der Waals surface area contributed by atoms with Crippen molar-refractivity contribution in [3.05, 3.63) is 70.5 Å². The largest absolute Gasteiger partial charge is 0.388 e. The van der Waals surface area contributed by atoms with Crippen LogP contribution >= 0.6 is 0 Å². The number of rotatable bonds is 12. The highest BCUT2D eigenvalue weighted by molar-refractivity contribution is 5.67. The molecule has 2 aromatic carbocycles. The fourth-order valence-electron chi connectivity index (χ4n) is 5.01. The van der Waals surface area contributed by atoms with Crippen LogP contribution in [0, 0.1) is 18.7 Å². The lowest BCUT2D eigenvalue weighted by atomic mass is 9.84. The zero-order valence-electron chi connectivity index (χ0n) is 22.9. The highest BCUT2D eigenvalue weighted by atomic mass is 19.4. The fourth-order valence-corrected chi connectivity index (χ4v) is 5.01. The maximum absolute atomic E-state index is 14.8. The molecular weight excluding hydrogens is 478 g/mol. The first-order valence-corrected chi connectivity index (χ1v) is 13.3. The van der Waals surface area contributed by atoms with Crippen LogP contribution < -0.4 is 10.6 Å². The average Bonchev–Trinajstić information content (AvgIpc) is 2.81. The summed E-state index contributed by atoms with van der Waals surface area (Å²) in [6, 6.07) is 10.1. The van der Waals surface area contributed by atoms with Crippen LogP contribution in [0.25, 0.3) is 5.70 Å². The predicted molar refractivity (Wildman–Crippen MR) is 147 cm³/mol. The number of aryl methyl sites for hydroxylation is 2. The molecule has 0 bridgehead atoms. The molecule has 2 N–H and O–H groups in total. The van der Waals surface area contributed by atoms with Crippen molar-refractivity contribution in [3.8, 4) is 0 Å². The number of alkyl halides is 3. The Kier molecular flexibility index (Phi) is 12.4. The molecule has 1 aliphatic carbocycles. The van der Waals surface area contributed by atoms with E-state index < -0.39 is 6.68 Å². The molecule has 2 aromatic rings. The fraction of sp³-hybridized carbons (Fsp3) is 0.533. The van der Waals surface area contributed by atoms with Crippen LogP contribution in [0.2, 0.25) is 0 Å². The van der Waals surface area contributed by atoms with Gasteiger partial charge in [-0.15, -0.1) is 0 Å². The van der Waals surface area contributed by atoms with Crippen molar-refractivity contribution < 1.29 is 17.6 Å². The van der Waals surface area contributed by atoms with E-state index in [-0.39, 0.29) is 11.9 Å². The van der Waals surface area contributed by atoms with E-state index in [4.69, 9.17) is 0 Å². The second-order valence-corrected chi connectivity index (χ2v) is 9.83. The van der Waals surface area contributed by atoms with E-state index in [2.05, 4.69) is 68.0 Å². The quantitative estimate of drug-likeness (QED) is 0.275. The normalized spacial score (nSPS) is 14.1. The molecule has 1 fully saturated rings. The van der Waals surface area contributed by atoms with Crippen molar-refractivity contribution in [1.82, 2.24) is 10.2 Å². The molecular formula is C30H43F4N3. The van der Waals surface area contributed by atoms with E-state index >= 15 is 0 Å². The summed E-state index contributed by atoms with van der Waals surface area (Å²) in [5.41, 5.74) is 7.55. The molecule has 0 heterocycles. The summed E-state index contributed by atoms with van der Waals surface area (Å²) in [6.07, 6.45) is 6.12. The molecule has 0 spiro atoms. The summed E-state index contributed by atoms with van der Waals surface area (Å²) in [4.78, 5) is 2.54. The standard InChI is InChI=1S/C29H42FN3.CHF3/c1-7-10-24-15-20(3)13-14-28(24)32-18-25-16-26(30)17-27(21(4)31-6)29(25)22(5)33(8-2)19-23-11-9-12-23;2-1(3)4/h13-17,22-23,31-32H,4,7-12,18-19H2,1-3,5-6H3;1H. The highest BCUT2D eigenvalue weighted by Gasteiger charge is 2.27. The Morgan fingerprint density at radius 1 is 1.11 bits per heavy atom. The smallest absolute Gasteiger partial charge is 0.379 e. The van der Waals surface area contributed by atoms with E-state index in [0.29, 0.717) is 6.54 Å². The van der Waals surface area contributed by atoms with Gasteiger partial charge >= 0.3 is 6.68 Å². The zero-order chi connectivity index (χ0) is 27.5. The Balaban J connectivity index is 0.00000112. The van der Waals surface area contributed by atoms with Gasteiger partial charge in [-0.3, -0.25) is 4.90 Å². The number of benzene rings is 2. The van der Waals surface area contributed by atoms with Crippen molar-refractivity contribution in [1.29, 1.82) is 0 Å². The molecule has 3 rings (SSSR count). The molecule has 0 aliphatic heterocycles. The van der Waals surface area contributed by atoms with Crippen LogP contribution in [0.1, 0.15) is 80.3 Å². The van der Waals surface area contributed by atoms with Crippen LogP contribution in [0.3, 0.4) is 0 Å². The minimum Gasteiger partial charge on any atom is -0.388 e. The zero-order valence-corrected chi connectivity index (χ0v) is 22.9. The molecule has 3 nitrogen and oxygen atoms in total. The lowest BCUT2D eigenvalue weighted by molar-refractivity contribution is 0.00819. The third-order valence-electron chi connectivity index (χ3n) is 7.20. The van der Waals surface area contributed by atoms with Gasteiger partial charge in [0, 0.05) is 43.1 Å². The van der Waals surface area contributed by atoms with Gasteiger partial charge in [0.25, 0.3) is 0 Å². The first kappa shape index (κ1) is 30.7. The van der Waals surface area contributed by atoms with Gasteiger partial charge in [0.1, 0.15) is 5.82 Å². The second-order valence-electron chi connectivity index (χ2n) is 9.83. The van der Waals surface area contributed by atoms with Gasteiger partial charge in [-0.05, 0) is 80.5 Å². The molecule has 0 saturated heterocycles. The molecule has 1 aliphatic rings.